The van der Waals surface area contributed by atoms with E-state index in [1.165, 1.54) is 6.42 Å². The predicted octanol–water partition coefficient (Wildman–Crippen LogP) is 1.47. The van der Waals surface area contributed by atoms with Gasteiger partial charge < -0.3 is 9.73 Å². The highest BCUT2D eigenvalue weighted by molar-refractivity contribution is 7.99. The van der Waals surface area contributed by atoms with Gasteiger partial charge in [-0.2, -0.15) is 0 Å². The van der Waals surface area contributed by atoms with Gasteiger partial charge in [-0.15, -0.1) is 10.2 Å². The van der Waals surface area contributed by atoms with Gasteiger partial charge in [0, 0.05) is 19.2 Å². The monoisotopic (exact) mass is 201 g/mol. The SMILES string of the molecule is CCCNCCSc1nnc(C)o1. The van der Waals surface area contributed by atoms with Gasteiger partial charge in [0.1, 0.15) is 0 Å². The van der Waals surface area contributed by atoms with E-state index < -0.39 is 0 Å². The maximum absolute atomic E-state index is 5.20. The molecule has 4 nitrogen and oxygen atoms in total. The number of nitrogens with zero attached hydrogens (tertiary/aromatic N) is 2. The first-order chi connectivity index (χ1) is 6.33. The van der Waals surface area contributed by atoms with Gasteiger partial charge in [-0.05, 0) is 13.0 Å². The molecule has 1 heterocycles. The Balaban J connectivity index is 2.06. The van der Waals surface area contributed by atoms with Crippen LogP contribution in [-0.4, -0.2) is 29.0 Å². The molecule has 0 atom stereocenters. The van der Waals surface area contributed by atoms with Crippen LogP contribution in [-0.2, 0) is 0 Å². The van der Waals surface area contributed by atoms with Gasteiger partial charge in [-0.25, -0.2) is 0 Å². The summed E-state index contributed by atoms with van der Waals surface area (Å²) in [6.07, 6.45) is 1.17. The van der Waals surface area contributed by atoms with Gasteiger partial charge in [0.05, 0.1) is 0 Å². The molecule has 0 fully saturated rings. The van der Waals surface area contributed by atoms with Crippen molar-refractivity contribution >= 4 is 11.8 Å². The minimum absolute atomic E-state index is 0.629. The van der Waals surface area contributed by atoms with Crippen molar-refractivity contribution in [2.24, 2.45) is 0 Å². The van der Waals surface area contributed by atoms with E-state index in [1.807, 2.05) is 0 Å². The molecule has 0 amide bonds. The maximum atomic E-state index is 5.20. The standard InChI is InChI=1S/C8H15N3OS/c1-3-4-9-5-6-13-8-11-10-7(2)12-8/h9H,3-6H2,1-2H3. The number of rotatable bonds is 6. The summed E-state index contributed by atoms with van der Waals surface area (Å²) in [5.74, 6) is 1.60. The zero-order chi connectivity index (χ0) is 9.52. The first-order valence-electron chi connectivity index (χ1n) is 4.46. The maximum Gasteiger partial charge on any atom is 0.276 e. The fourth-order valence-corrected chi connectivity index (χ4v) is 1.55. The summed E-state index contributed by atoms with van der Waals surface area (Å²) in [5.41, 5.74) is 0. The lowest BCUT2D eigenvalue weighted by molar-refractivity contribution is 0.429. The smallest absolute Gasteiger partial charge is 0.276 e. The Morgan fingerprint density at radius 1 is 1.38 bits per heavy atom. The average Bonchev–Trinajstić information content (AvgIpc) is 2.51. The van der Waals surface area contributed by atoms with Gasteiger partial charge in [-0.3, -0.25) is 0 Å². The van der Waals surface area contributed by atoms with Crippen LogP contribution in [0.25, 0.3) is 0 Å². The van der Waals surface area contributed by atoms with Crippen LogP contribution in [0, 0.1) is 6.92 Å². The number of nitrogens with one attached hydrogen (secondary N) is 1. The Morgan fingerprint density at radius 2 is 2.23 bits per heavy atom. The molecule has 0 aliphatic rings. The van der Waals surface area contributed by atoms with Gasteiger partial charge in [-0.1, -0.05) is 18.7 Å². The molecule has 1 aromatic rings. The van der Waals surface area contributed by atoms with E-state index in [2.05, 4.69) is 22.4 Å². The molecule has 0 radical (unpaired) electrons. The Morgan fingerprint density at radius 3 is 2.85 bits per heavy atom. The lowest BCUT2D eigenvalue weighted by atomic mass is 10.5. The fraction of sp³-hybridized carbons (Fsp3) is 0.750. The summed E-state index contributed by atoms with van der Waals surface area (Å²) in [4.78, 5) is 0. The Bertz CT molecular complexity index is 239. The van der Waals surface area contributed by atoms with Crippen LogP contribution in [0.5, 0.6) is 0 Å². The second-order valence-electron chi connectivity index (χ2n) is 2.69. The second-order valence-corrected chi connectivity index (χ2v) is 3.73. The van der Waals surface area contributed by atoms with E-state index in [1.54, 1.807) is 18.7 Å². The van der Waals surface area contributed by atoms with Crippen molar-refractivity contribution < 1.29 is 4.42 Å². The number of thioether (sulfide) groups is 1. The Hall–Kier alpha value is -0.550. The molecule has 0 aliphatic heterocycles. The van der Waals surface area contributed by atoms with E-state index in [9.17, 15) is 0 Å². The molecule has 13 heavy (non-hydrogen) atoms. The molecule has 74 valence electrons. The normalized spacial score (nSPS) is 10.6. The summed E-state index contributed by atoms with van der Waals surface area (Å²) in [5, 5.41) is 11.6. The molecule has 0 unspecified atom stereocenters. The third kappa shape index (κ3) is 4.28. The van der Waals surface area contributed by atoms with Crippen molar-refractivity contribution in [3.8, 4) is 0 Å². The van der Waals surface area contributed by atoms with Crippen molar-refractivity contribution in [1.29, 1.82) is 0 Å². The number of hydrogen-bond acceptors (Lipinski definition) is 5. The van der Waals surface area contributed by atoms with E-state index in [4.69, 9.17) is 4.42 Å². The molecule has 5 heteroatoms. The van der Waals surface area contributed by atoms with E-state index in [-0.39, 0.29) is 0 Å². The quantitative estimate of drug-likeness (QED) is 0.558. The number of hydrogen-bond donors (Lipinski definition) is 1. The van der Waals surface area contributed by atoms with Crippen molar-refractivity contribution in [2.45, 2.75) is 25.5 Å². The lowest BCUT2D eigenvalue weighted by Crippen LogP contribution is -2.17. The van der Waals surface area contributed by atoms with Crippen LogP contribution in [0.2, 0.25) is 0 Å². The first kappa shape index (κ1) is 10.5. The van der Waals surface area contributed by atoms with E-state index in [0.717, 1.165) is 18.8 Å². The van der Waals surface area contributed by atoms with E-state index >= 15 is 0 Å². The van der Waals surface area contributed by atoms with Gasteiger partial charge in [0.2, 0.25) is 5.89 Å². The summed E-state index contributed by atoms with van der Waals surface area (Å²) >= 11 is 1.59. The molecule has 1 rings (SSSR count). The molecule has 0 saturated carbocycles. The minimum Gasteiger partial charge on any atom is -0.416 e. The summed E-state index contributed by atoms with van der Waals surface area (Å²) in [6.45, 7) is 6.01. The summed E-state index contributed by atoms with van der Waals surface area (Å²) < 4.78 is 5.20. The molecule has 1 aromatic heterocycles. The zero-order valence-electron chi connectivity index (χ0n) is 8.04. The van der Waals surface area contributed by atoms with E-state index in [0.29, 0.717) is 11.1 Å². The number of aryl methyl sites for hydroxylation is 1. The largest absolute Gasteiger partial charge is 0.416 e. The van der Waals surface area contributed by atoms with Crippen LogP contribution in [0.3, 0.4) is 0 Å². The Labute approximate surface area is 82.5 Å². The highest BCUT2D eigenvalue weighted by Crippen LogP contribution is 2.14. The third-order valence-corrected chi connectivity index (χ3v) is 2.26. The van der Waals surface area contributed by atoms with Crippen LogP contribution in [0.15, 0.2) is 9.64 Å². The summed E-state index contributed by atoms with van der Waals surface area (Å²) in [6, 6.07) is 0. The molecule has 0 aliphatic carbocycles. The molecular formula is C8H15N3OS. The highest BCUT2D eigenvalue weighted by Gasteiger charge is 2.01. The topological polar surface area (TPSA) is 51.0 Å². The number of aromatic nitrogens is 2. The fourth-order valence-electron chi connectivity index (χ4n) is 0.849. The zero-order valence-corrected chi connectivity index (χ0v) is 8.86. The van der Waals surface area contributed by atoms with Crippen molar-refractivity contribution in [3.63, 3.8) is 0 Å². The lowest BCUT2D eigenvalue weighted by Gasteiger charge is -1.99. The van der Waals surface area contributed by atoms with Crippen LogP contribution >= 0.6 is 11.8 Å². The van der Waals surface area contributed by atoms with Crippen LogP contribution in [0.4, 0.5) is 0 Å². The molecule has 0 spiro atoms. The van der Waals surface area contributed by atoms with Crippen molar-refractivity contribution in [3.05, 3.63) is 5.89 Å². The predicted molar refractivity (Wildman–Crippen MR) is 52.9 cm³/mol. The van der Waals surface area contributed by atoms with Crippen molar-refractivity contribution in [2.75, 3.05) is 18.8 Å². The molecule has 0 bridgehead atoms. The van der Waals surface area contributed by atoms with Gasteiger partial charge in [0.25, 0.3) is 5.22 Å². The summed E-state index contributed by atoms with van der Waals surface area (Å²) in [7, 11) is 0. The van der Waals surface area contributed by atoms with Gasteiger partial charge in [0.15, 0.2) is 0 Å². The third-order valence-electron chi connectivity index (χ3n) is 1.44. The first-order valence-corrected chi connectivity index (χ1v) is 5.45. The molecule has 0 saturated heterocycles. The van der Waals surface area contributed by atoms with Crippen molar-refractivity contribution in [1.82, 2.24) is 15.5 Å². The van der Waals surface area contributed by atoms with Crippen LogP contribution < -0.4 is 5.32 Å². The second kappa shape index (κ2) is 5.99. The molecule has 1 N–H and O–H groups in total. The Kier molecular flexibility index (Phi) is 4.85. The minimum atomic E-state index is 0.629. The molecule has 0 aromatic carbocycles. The highest BCUT2D eigenvalue weighted by atomic mass is 32.2. The van der Waals surface area contributed by atoms with Gasteiger partial charge >= 0.3 is 0 Å². The van der Waals surface area contributed by atoms with Crippen LogP contribution in [0.1, 0.15) is 19.2 Å². The average molecular weight is 201 g/mol. The molecular weight excluding hydrogens is 186 g/mol.